The largest absolute Gasteiger partial charge is 0.496 e. The van der Waals surface area contributed by atoms with Crippen molar-refractivity contribution in [2.75, 3.05) is 14.2 Å². The monoisotopic (exact) mass is 416 g/mol. The van der Waals surface area contributed by atoms with Crippen molar-refractivity contribution in [1.82, 2.24) is 0 Å². The smallest absolute Gasteiger partial charge is 0.312 e. The molecule has 0 spiro atoms. The van der Waals surface area contributed by atoms with E-state index in [1.807, 2.05) is 39.8 Å². The van der Waals surface area contributed by atoms with Crippen molar-refractivity contribution >= 4 is 21.2 Å². The Morgan fingerprint density at radius 2 is 1.52 bits per heavy atom. The number of Topliss-reactive ketones (excluding diaryl/α,β-unsaturated/α-hetero) is 1. The topological polar surface area (TPSA) is 61.8 Å². The summed E-state index contributed by atoms with van der Waals surface area (Å²) < 4.78 is 15.7. The van der Waals surface area contributed by atoms with Gasteiger partial charge in [0, 0.05) is 6.42 Å². The number of methoxy groups -OCH3 is 2. The molecule has 3 atom stereocenters. The molecule has 2 aromatic carbocycles. The summed E-state index contributed by atoms with van der Waals surface area (Å²) in [6, 6.07) is 15.0. The highest BCUT2D eigenvalue weighted by atomic mass is 31.0. The Labute approximate surface area is 175 Å². The molecule has 0 fully saturated rings. The fraction of sp³-hybridized carbons (Fsp3) is 0.391. The third kappa shape index (κ3) is 5.80. The first-order chi connectivity index (χ1) is 13.9. The molecule has 29 heavy (non-hydrogen) atoms. The van der Waals surface area contributed by atoms with E-state index in [0.29, 0.717) is 23.0 Å². The molecule has 2 aromatic rings. The maximum Gasteiger partial charge on any atom is 0.312 e. The quantitative estimate of drug-likeness (QED) is 0.400. The van der Waals surface area contributed by atoms with Crippen LogP contribution in [0.3, 0.4) is 0 Å². The van der Waals surface area contributed by atoms with Crippen molar-refractivity contribution in [1.29, 1.82) is 0 Å². The molecule has 0 radical (unpaired) electrons. The van der Waals surface area contributed by atoms with Crippen LogP contribution in [-0.2, 0) is 9.32 Å². The van der Waals surface area contributed by atoms with Gasteiger partial charge in [-0.05, 0) is 36.0 Å². The molecular weight excluding hydrogens is 387 g/mol. The van der Waals surface area contributed by atoms with Gasteiger partial charge in [0.15, 0.2) is 5.78 Å². The average molecular weight is 416 g/mol. The van der Waals surface area contributed by atoms with Crippen molar-refractivity contribution in [2.24, 2.45) is 11.8 Å². The second kappa shape index (κ2) is 11.0. The molecule has 3 unspecified atom stereocenters. The molecule has 0 saturated heterocycles. The maximum atomic E-state index is 13.3. The van der Waals surface area contributed by atoms with Gasteiger partial charge in [0.05, 0.1) is 29.6 Å². The van der Waals surface area contributed by atoms with Gasteiger partial charge in [0.1, 0.15) is 17.1 Å². The van der Waals surface area contributed by atoms with E-state index in [9.17, 15) is 9.59 Å². The molecule has 0 heterocycles. The number of hydrogen-bond acceptors (Lipinski definition) is 5. The van der Waals surface area contributed by atoms with Crippen molar-refractivity contribution in [3.05, 3.63) is 59.7 Å². The molecule has 0 aliphatic carbocycles. The molecule has 0 saturated carbocycles. The average Bonchev–Trinajstić information content (AvgIpc) is 2.75. The van der Waals surface area contributed by atoms with Crippen LogP contribution >= 0.6 is 9.47 Å². The molecule has 0 N–H and O–H groups in total. The van der Waals surface area contributed by atoms with Gasteiger partial charge in [-0.2, -0.15) is 0 Å². The second-order valence-electron chi connectivity index (χ2n) is 7.35. The minimum absolute atomic E-state index is 0.00372. The summed E-state index contributed by atoms with van der Waals surface area (Å²) >= 11 is 0. The van der Waals surface area contributed by atoms with Crippen LogP contribution in [0.5, 0.6) is 11.5 Å². The van der Waals surface area contributed by atoms with E-state index < -0.39 is 11.9 Å². The lowest BCUT2D eigenvalue weighted by atomic mass is 9.77. The minimum Gasteiger partial charge on any atom is -0.496 e. The fourth-order valence-electron chi connectivity index (χ4n) is 3.65. The van der Waals surface area contributed by atoms with Gasteiger partial charge in [-0.25, -0.2) is 0 Å². The Hall–Kier alpha value is -2.39. The molecule has 5 nitrogen and oxygen atoms in total. The fourth-order valence-corrected chi connectivity index (χ4v) is 3.82. The zero-order valence-electron chi connectivity index (χ0n) is 17.4. The molecule has 0 amide bonds. The van der Waals surface area contributed by atoms with E-state index in [0.717, 1.165) is 12.0 Å². The first kappa shape index (κ1) is 22.9. The van der Waals surface area contributed by atoms with Crippen molar-refractivity contribution < 1.29 is 23.6 Å². The predicted octanol–water partition coefficient (Wildman–Crippen LogP) is 5.06. The number of ether oxygens (including phenoxy) is 2. The summed E-state index contributed by atoms with van der Waals surface area (Å²) in [5.74, 6) is -0.222. The van der Waals surface area contributed by atoms with Gasteiger partial charge in [-0.3, -0.25) is 9.59 Å². The Bertz CT molecular complexity index is 797. The summed E-state index contributed by atoms with van der Waals surface area (Å²) in [6.07, 6.45) is 0.751. The number of carbonyl (C=O) groups excluding carboxylic acids is 2. The van der Waals surface area contributed by atoms with Gasteiger partial charge in [-0.1, -0.05) is 50.2 Å². The molecular formula is C23H29O5P. The lowest BCUT2D eigenvalue weighted by Gasteiger charge is -2.27. The lowest BCUT2D eigenvalue weighted by Crippen LogP contribution is -2.27. The van der Waals surface area contributed by atoms with E-state index in [1.165, 1.54) is 14.2 Å². The second-order valence-corrected chi connectivity index (χ2v) is 7.59. The predicted molar refractivity (Wildman–Crippen MR) is 116 cm³/mol. The van der Waals surface area contributed by atoms with Gasteiger partial charge in [0.2, 0.25) is 0 Å². The summed E-state index contributed by atoms with van der Waals surface area (Å²) in [5, 5.41) is 0. The molecule has 0 aliphatic rings. The van der Waals surface area contributed by atoms with Crippen LogP contribution in [0.4, 0.5) is 0 Å². The molecule has 0 aliphatic heterocycles. The Morgan fingerprint density at radius 3 is 2.00 bits per heavy atom. The molecule has 6 heteroatoms. The van der Waals surface area contributed by atoms with E-state index in [2.05, 4.69) is 13.8 Å². The van der Waals surface area contributed by atoms with Crippen molar-refractivity contribution in [2.45, 2.75) is 32.6 Å². The zero-order chi connectivity index (χ0) is 21.4. The highest BCUT2D eigenvalue weighted by Gasteiger charge is 2.34. The number of ketones is 1. The third-order valence-corrected chi connectivity index (χ3v) is 5.20. The number of benzene rings is 2. The summed E-state index contributed by atoms with van der Waals surface area (Å²) in [4.78, 5) is 26.0. The Morgan fingerprint density at radius 1 is 0.931 bits per heavy atom. The summed E-state index contributed by atoms with van der Waals surface area (Å²) in [5.41, 5.74) is 1.36. The SMILES string of the molecule is COc1cccc(OC)c1C(=O)CC(C(=O)OP)C(CC(C)C)c1ccccc1. The van der Waals surface area contributed by atoms with Crippen LogP contribution < -0.4 is 9.47 Å². The molecule has 2 rings (SSSR count). The first-order valence-electron chi connectivity index (χ1n) is 9.62. The van der Waals surface area contributed by atoms with Crippen molar-refractivity contribution in [3.63, 3.8) is 0 Å². The van der Waals surface area contributed by atoms with E-state index in [-0.39, 0.29) is 18.1 Å². The van der Waals surface area contributed by atoms with Crippen molar-refractivity contribution in [3.8, 4) is 11.5 Å². The van der Waals surface area contributed by atoms with E-state index >= 15 is 0 Å². The number of hydrogen-bond donors (Lipinski definition) is 0. The highest BCUT2D eigenvalue weighted by molar-refractivity contribution is 7.10. The molecule has 0 bridgehead atoms. The van der Waals surface area contributed by atoms with Crippen LogP contribution in [0.25, 0.3) is 0 Å². The van der Waals surface area contributed by atoms with Gasteiger partial charge in [0.25, 0.3) is 0 Å². The van der Waals surface area contributed by atoms with Crippen LogP contribution in [0.15, 0.2) is 48.5 Å². The number of rotatable bonds is 10. The normalized spacial score (nSPS) is 12.9. The molecule has 156 valence electrons. The maximum absolute atomic E-state index is 13.3. The first-order valence-corrected chi connectivity index (χ1v) is 10.1. The Kier molecular flexibility index (Phi) is 8.66. The minimum atomic E-state index is -0.626. The van der Waals surface area contributed by atoms with Crippen LogP contribution in [0.1, 0.15) is 48.5 Å². The van der Waals surface area contributed by atoms with Gasteiger partial charge in [-0.15, -0.1) is 0 Å². The van der Waals surface area contributed by atoms with Gasteiger partial charge < -0.3 is 14.0 Å². The lowest BCUT2D eigenvalue weighted by molar-refractivity contribution is -0.138. The van der Waals surface area contributed by atoms with Crippen LogP contribution in [-0.4, -0.2) is 26.0 Å². The summed E-state index contributed by atoms with van der Waals surface area (Å²) in [7, 11) is 5.02. The van der Waals surface area contributed by atoms with Gasteiger partial charge >= 0.3 is 5.97 Å². The van der Waals surface area contributed by atoms with E-state index in [1.54, 1.807) is 18.2 Å². The molecule has 0 aromatic heterocycles. The van der Waals surface area contributed by atoms with E-state index in [4.69, 9.17) is 14.0 Å². The number of carbonyl (C=O) groups is 2. The third-order valence-electron chi connectivity index (χ3n) is 4.97. The standard InChI is InChI=1S/C23H29O5P/c1-15(2)13-17(16-9-6-5-7-10-16)18(23(25)28-29)14-19(24)22-20(26-3)11-8-12-21(22)27-4/h5-12,15,17-18H,13-14,29H2,1-4H3. The van der Waals surface area contributed by atoms with Crippen LogP contribution in [0, 0.1) is 11.8 Å². The Balaban J connectivity index is 2.45. The summed E-state index contributed by atoms with van der Waals surface area (Å²) in [6.45, 7) is 4.20. The van der Waals surface area contributed by atoms with Crippen LogP contribution in [0.2, 0.25) is 0 Å². The highest BCUT2D eigenvalue weighted by Crippen LogP contribution is 2.37. The zero-order valence-corrected chi connectivity index (χ0v) is 18.5.